The number of nitrogens with two attached hydrogens (primary N) is 1. The molecule has 78 valence electrons. The predicted molar refractivity (Wildman–Crippen MR) is 55.3 cm³/mol. The van der Waals surface area contributed by atoms with Gasteiger partial charge in [-0.15, -0.1) is 0 Å². The Morgan fingerprint density at radius 2 is 1.85 bits per heavy atom. The summed E-state index contributed by atoms with van der Waals surface area (Å²) in [7, 11) is 0. The lowest BCUT2D eigenvalue weighted by Crippen LogP contribution is -2.38. The van der Waals surface area contributed by atoms with Crippen molar-refractivity contribution in [3.8, 4) is 0 Å². The number of amides is 1. The molecule has 2 atom stereocenters. The molecule has 0 aromatic carbocycles. The highest BCUT2D eigenvalue weighted by Crippen LogP contribution is 2.09. The van der Waals surface area contributed by atoms with Crippen LogP contribution in [0.1, 0.15) is 34.1 Å². The minimum absolute atomic E-state index is 0.0835. The molecule has 0 radical (unpaired) electrons. The third-order valence-electron chi connectivity index (χ3n) is 2.40. The van der Waals surface area contributed by atoms with Crippen molar-refractivity contribution in [2.24, 2.45) is 17.6 Å². The number of hydrogen-bond acceptors (Lipinski definition) is 2. The standard InChI is InChI=1S/C10H22N2O/c1-7(2)9(4)10(13)12-8(3)5-6-11/h7-9H,5-6,11H2,1-4H3,(H,12,13). The molecular formula is C10H22N2O. The van der Waals surface area contributed by atoms with E-state index < -0.39 is 0 Å². The monoisotopic (exact) mass is 186 g/mol. The molecule has 3 nitrogen and oxygen atoms in total. The average Bonchev–Trinajstić information content (AvgIpc) is 2.03. The molecule has 0 aromatic heterocycles. The summed E-state index contributed by atoms with van der Waals surface area (Å²) < 4.78 is 0. The summed E-state index contributed by atoms with van der Waals surface area (Å²) in [6, 6.07) is 0.193. The first-order valence-electron chi connectivity index (χ1n) is 4.99. The predicted octanol–water partition coefficient (Wildman–Crippen LogP) is 1.13. The van der Waals surface area contributed by atoms with Crippen LogP contribution < -0.4 is 11.1 Å². The second kappa shape index (κ2) is 5.97. The van der Waals surface area contributed by atoms with E-state index in [2.05, 4.69) is 19.2 Å². The van der Waals surface area contributed by atoms with Crippen molar-refractivity contribution >= 4 is 5.91 Å². The largest absolute Gasteiger partial charge is 0.353 e. The second-order valence-electron chi connectivity index (χ2n) is 4.02. The summed E-state index contributed by atoms with van der Waals surface area (Å²) >= 11 is 0. The molecule has 0 aromatic rings. The number of nitrogens with one attached hydrogen (secondary N) is 1. The van der Waals surface area contributed by atoms with E-state index in [4.69, 9.17) is 5.73 Å². The molecule has 0 aliphatic carbocycles. The third kappa shape index (κ3) is 4.88. The van der Waals surface area contributed by atoms with E-state index in [1.54, 1.807) is 0 Å². The normalized spacial score (nSPS) is 15.5. The Labute approximate surface area is 81.1 Å². The van der Waals surface area contributed by atoms with Gasteiger partial charge in [0, 0.05) is 12.0 Å². The Balaban J connectivity index is 3.85. The van der Waals surface area contributed by atoms with Gasteiger partial charge in [0.2, 0.25) is 5.91 Å². The third-order valence-corrected chi connectivity index (χ3v) is 2.40. The van der Waals surface area contributed by atoms with Gasteiger partial charge in [0.1, 0.15) is 0 Å². The lowest BCUT2D eigenvalue weighted by molar-refractivity contribution is -0.126. The fourth-order valence-corrected chi connectivity index (χ4v) is 0.999. The van der Waals surface area contributed by atoms with E-state index in [1.165, 1.54) is 0 Å². The lowest BCUT2D eigenvalue weighted by atomic mass is 9.97. The molecule has 3 N–H and O–H groups in total. The summed E-state index contributed by atoms with van der Waals surface area (Å²) in [6.45, 7) is 8.67. The Bertz CT molecular complexity index is 157. The van der Waals surface area contributed by atoms with Gasteiger partial charge in [0.15, 0.2) is 0 Å². The SMILES string of the molecule is CC(CCN)NC(=O)C(C)C(C)C. The molecule has 0 bridgehead atoms. The van der Waals surface area contributed by atoms with E-state index in [9.17, 15) is 4.79 Å². The first kappa shape index (κ1) is 12.4. The van der Waals surface area contributed by atoms with Crippen LogP contribution >= 0.6 is 0 Å². The van der Waals surface area contributed by atoms with Crippen LogP contribution in [0.3, 0.4) is 0 Å². The minimum Gasteiger partial charge on any atom is -0.353 e. The highest BCUT2D eigenvalue weighted by molar-refractivity contribution is 5.78. The zero-order valence-corrected chi connectivity index (χ0v) is 9.13. The fraction of sp³-hybridized carbons (Fsp3) is 0.900. The zero-order valence-electron chi connectivity index (χ0n) is 9.13. The van der Waals surface area contributed by atoms with Crippen molar-refractivity contribution in [1.29, 1.82) is 0 Å². The summed E-state index contributed by atoms with van der Waals surface area (Å²) in [5.41, 5.74) is 5.39. The maximum Gasteiger partial charge on any atom is 0.223 e. The molecule has 0 aliphatic heterocycles. The van der Waals surface area contributed by atoms with Gasteiger partial charge in [-0.25, -0.2) is 0 Å². The maximum absolute atomic E-state index is 11.5. The molecule has 3 heteroatoms. The van der Waals surface area contributed by atoms with Crippen LogP contribution in [-0.2, 0) is 4.79 Å². The molecular weight excluding hydrogens is 164 g/mol. The second-order valence-corrected chi connectivity index (χ2v) is 4.02. The number of rotatable bonds is 5. The van der Waals surface area contributed by atoms with E-state index in [-0.39, 0.29) is 17.9 Å². The molecule has 0 saturated carbocycles. The Morgan fingerprint density at radius 3 is 2.23 bits per heavy atom. The van der Waals surface area contributed by atoms with Gasteiger partial charge < -0.3 is 11.1 Å². The summed E-state index contributed by atoms with van der Waals surface area (Å²) in [5, 5.41) is 2.94. The highest BCUT2D eigenvalue weighted by atomic mass is 16.1. The smallest absolute Gasteiger partial charge is 0.223 e. The van der Waals surface area contributed by atoms with Crippen molar-refractivity contribution in [3.05, 3.63) is 0 Å². The molecule has 0 spiro atoms. The summed E-state index contributed by atoms with van der Waals surface area (Å²) in [4.78, 5) is 11.5. The molecule has 0 aliphatic rings. The van der Waals surface area contributed by atoms with Crippen molar-refractivity contribution < 1.29 is 4.79 Å². The molecule has 0 fully saturated rings. The van der Waals surface area contributed by atoms with Crippen LogP contribution in [0, 0.1) is 11.8 Å². The quantitative estimate of drug-likeness (QED) is 0.676. The maximum atomic E-state index is 11.5. The first-order valence-corrected chi connectivity index (χ1v) is 4.99. The van der Waals surface area contributed by atoms with Gasteiger partial charge in [-0.2, -0.15) is 0 Å². The van der Waals surface area contributed by atoms with Crippen molar-refractivity contribution in [1.82, 2.24) is 5.32 Å². The number of carbonyl (C=O) groups is 1. The Hall–Kier alpha value is -0.570. The fourth-order valence-electron chi connectivity index (χ4n) is 0.999. The van der Waals surface area contributed by atoms with E-state index in [0.717, 1.165) is 6.42 Å². The molecule has 0 rings (SSSR count). The zero-order chi connectivity index (χ0) is 10.4. The van der Waals surface area contributed by atoms with Crippen molar-refractivity contribution in [2.45, 2.75) is 40.2 Å². The van der Waals surface area contributed by atoms with Gasteiger partial charge in [0.05, 0.1) is 0 Å². The highest BCUT2D eigenvalue weighted by Gasteiger charge is 2.17. The molecule has 13 heavy (non-hydrogen) atoms. The minimum atomic E-state index is 0.0835. The van der Waals surface area contributed by atoms with Crippen molar-refractivity contribution in [3.63, 3.8) is 0 Å². The van der Waals surface area contributed by atoms with Gasteiger partial charge in [-0.1, -0.05) is 20.8 Å². The van der Waals surface area contributed by atoms with Crippen LogP contribution in [0.2, 0.25) is 0 Å². The van der Waals surface area contributed by atoms with Gasteiger partial charge in [-0.3, -0.25) is 4.79 Å². The van der Waals surface area contributed by atoms with Crippen LogP contribution in [0.4, 0.5) is 0 Å². The Morgan fingerprint density at radius 1 is 1.31 bits per heavy atom. The van der Waals surface area contributed by atoms with Crippen molar-refractivity contribution in [2.75, 3.05) is 6.54 Å². The van der Waals surface area contributed by atoms with E-state index in [0.29, 0.717) is 12.5 Å². The summed E-state index contributed by atoms with van der Waals surface area (Å²) in [5.74, 6) is 0.612. The topological polar surface area (TPSA) is 55.1 Å². The number of carbonyl (C=O) groups excluding carboxylic acids is 1. The summed E-state index contributed by atoms with van der Waals surface area (Å²) in [6.07, 6.45) is 0.844. The molecule has 0 saturated heterocycles. The molecule has 0 heterocycles. The molecule has 2 unspecified atom stereocenters. The number of hydrogen-bond donors (Lipinski definition) is 2. The first-order chi connectivity index (χ1) is 5.99. The van der Waals surface area contributed by atoms with Crippen LogP contribution in [0.25, 0.3) is 0 Å². The van der Waals surface area contributed by atoms with Crippen LogP contribution in [-0.4, -0.2) is 18.5 Å². The molecule has 1 amide bonds. The van der Waals surface area contributed by atoms with Crippen LogP contribution in [0.5, 0.6) is 0 Å². The van der Waals surface area contributed by atoms with Gasteiger partial charge in [0.25, 0.3) is 0 Å². The van der Waals surface area contributed by atoms with E-state index in [1.807, 2.05) is 13.8 Å². The van der Waals surface area contributed by atoms with Gasteiger partial charge >= 0.3 is 0 Å². The van der Waals surface area contributed by atoms with Crippen LogP contribution in [0.15, 0.2) is 0 Å². The van der Waals surface area contributed by atoms with Gasteiger partial charge in [-0.05, 0) is 25.8 Å². The average molecular weight is 186 g/mol. The lowest BCUT2D eigenvalue weighted by Gasteiger charge is -2.19. The van der Waals surface area contributed by atoms with E-state index >= 15 is 0 Å². The Kier molecular flexibility index (Phi) is 5.71.